The normalized spacial score (nSPS) is 26.9. The molecule has 7 amide bonds. The molecule has 136 heavy (non-hydrogen) atoms. The number of amides is 7. The molecule has 0 radical (unpaired) electrons. The lowest BCUT2D eigenvalue weighted by molar-refractivity contribution is -0.337. The van der Waals surface area contributed by atoms with Crippen molar-refractivity contribution in [3.63, 3.8) is 0 Å². The van der Waals surface area contributed by atoms with E-state index in [0.29, 0.717) is 115 Å². The number of carbonyl (C=O) groups excluding carboxylic acids is 9. The summed E-state index contributed by atoms with van der Waals surface area (Å²) in [4.78, 5) is 125. The molecule has 4 fully saturated rings. The minimum atomic E-state index is -2.23. The SMILES string of the molecule is CCN(C(C)=O)[C@H]1CO[C@@H](O[C@H]2[C@H](O[C@H]3C#CC=CC#C[C@]4(O)CC(=O)C(NC(=O)OC)=C3C4=CCSSC(C)(C)CCC(=O)NCCNC(=O)CCOCCOCCOCCOCCOCCOCCOCCOCCNC(=O)CCN3C(=O)C=CC3=O)O[C@H](C)[C@@H](NO[C@H]3C[C@H](O)[C@H](SC(=O)c4c(C)c(I)c(O[C@@H]5O[C@@H](C)[C@H](O)[C@@H](OC)[C@H]5O)c(OC)c4OC)[C@@H](C)O3)[C@@H]2O)C[C@@H]1OC. The average molecular weight is 2100 g/mol. The second kappa shape index (κ2) is 59.2. The van der Waals surface area contributed by atoms with Crippen LogP contribution in [0.25, 0.3) is 0 Å². The highest BCUT2D eigenvalue weighted by Crippen LogP contribution is 2.50. The van der Waals surface area contributed by atoms with Gasteiger partial charge in [0.2, 0.25) is 40.8 Å². The molecule has 5 aliphatic heterocycles. The summed E-state index contributed by atoms with van der Waals surface area (Å²) < 4.78 is 117. The van der Waals surface area contributed by atoms with Crippen LogP contribution < -0.4 is 41.0 Å². The molecular weight excluding hydrogens is 1960 g/mol. The van der Waals surface area contributed by atoms with Crippen molar-refractivity contribution in [1.82, 2.24) is 36.5 Å². The van der Waals surface area contributed by atoms with Crippen molar-refractivity contribution >= 4 is 108 Å². The van der Waals surface area contributed by atoms with E-state index in [0.717, 1.165) is 23.8 Å². The largest absolute Gasteiger partial charge is 0.492 e. The molecule has 5 heterocycles. The Kier molecular flexibility index (Phi) is 49.8. The van der Waals surface area contributed by atoms with E-state index in [1.807, 2.05) is 43.4 Å². The first-order chi connectivity index (χ1) is 65.2. The summed E-state index contributed by atoms with van der Waals surface area (Å²) in [6.45, 7) is 20.1. The molecule has 762 valence electrons. The van der Waals surface area contributed by atoms with Gasteiger partial charge in [-0.25, -0.2) is 4.79 Å². The van der Waals surface area contributed by atoms with Gasteiger partial charge in [-0.3, -0.25) is 53.4 Å². The Hall–Kier alpha value is -6.81. The van der Waals surface area contributed by atoms with Crippen LogP contribution in [0.4, 0.5) is 4.79 Å². The van der Waals surface area contributed by atoms with Gasteiger partial charge in [0.1, 0.15) is 36.6 Å². The number of thioether (sulfide) groups is 1. The number of likely N-dealkylation sites (N-methyl/N-ethyl adjacent to an activating group) is 1. The number of hydroxylamine groups is 1. The summed E-state index contributed by atoms with van der Waals surface area (Å²) in [5.74, 6) is 9.11. The highest BCUT2D eigenvalue weighted by Gasteiger charge is 2.53. The lowest BCUT2D eigenvalue weighted by Crippen LogP contribution is -2.65. The molecule has 2 bridgehead atoms. The van der Waals surface area contributed by atoms with Gasteiger partial charge in [0.05, 0.1) is 203 Å². The van der Waals surface area contributed by atoms with Gasteiger partial charge in [-0.15, -0.1) is 0 Å². The van der Waals surface area contributed by atoms with Crippen molar-refractivity contribution in [2.75, 3.05) is 186 Å². The number of nitrogens with one attached hydrogen (secondary N) is 5. The fourth-order valence-corrected chi connectivity index (χ4v) is 19.4. The number of rotatable bonds is 58. The van der Waals surface area contributed by atoms with E-state index in [1.54, 1.807) is 38.7 Å². The molecule has 19 atom stereocenters. The van der Waals surface area contributed by atoms with Crippen molar-refractivity contribution in [1.29, 1.82) is 0 Å². The van der Waals surface area contributed by atoms with Crippen molar-refractivity contribution in [2.24, 2.45) is 0 Å². The number of imide groups is 1. The van der Waals surface area contributed by atoms with E-state index >= 15 is 0 Å². The number of carbonyl (C=O) groups is 9. The zero-order chi connectivity index (χ0) is 99.0. The number of fused-ring (bicyclic) bond motifs is 2. The van der Waals surface area contributed by atoms with Gasteiger partial charge in [0.15, 0.2) is 41.8 Å². The molecule has 2 aliphatic carbocycles. The zero-order valence-electron chi connectivity index (χ0n) is 79.0. The van der Waals surface area contributed by atoms with Crippen LogP contribution in [0, 0.1) is 34.2 Å². The van der Waals surface area contributed by atoms with Crippen LogP contribution in [0.3, 0.4) is 0 Å². The Labute approximate surface area is 817 Å². The van der Waals surface area contributed by atoms with Crippen LogP contribution >= 0.6 is 55.9 Å². The first kappa shape index (κ1) is 114. The lowest BCUT2D eigenvalue weighted by atomic mass is 9.75. The number of nitrogens with zero attached hydrogens (tertiary/aromatic N) is 2. The first-order valence-electron chi connectivity index (χ1n) is 44.9. The molecule has 1 aromatic carbocycles. The molecule has 0 spiro atoms. The minimum Gasteiger partial charge on any atom is -0.492 e. The predicted molar refractivity (Wildman–Crippen MR) is 499 cm³/mol. The molecule has 0 aromatic heterocycles. The lowest BCUT2D eigenvalue weighted by Gasteiger charge is -2.47. The zero-order valence-corrected chi connectivity index (χ0v) is 83.6. The molecule has 7 aliphatic rings. The van der Waals surface area contributed by atoms with Crippen LogP contribution in [-0.2, 0) is 119 Å². The highest BCUT2D eigenvalue weighted by molar-refractivity contribution is 14.1. The molecule has 42 nitrogen and oxygen atoms in total. The number of hydrogen-bond donors (Lipinski definition) is 10. The molecule has 10 N–H and O–H groups in total. The number of hydrogen-bond acceptors (Lipinski definition) is 39. The first-order valence-corrected chi connectivity index (χ1v) is 49.2. The van der Waals surface area contributed by atoms with E-state index in [4.69, 9.17) is 99.6 Å². The van der Waals surface area contributed by atoms with Crippen molar-refractivity contribution in [3.05, 3.63) is 61.9 Å². The number of aliphatic hydroxyl groups is 5. The monoisotopic (exact) mass is 2090 g/mol. The Bertz CT molecular complexity index is 4310. The number of methoxy groups -OCH3 is 5. The molecule has 0 saturated carbocycles. The maximum absolute atomic E-state index is 14.6. The van der Waals surface area contributed by atoms with Gasteiger partial charge in [0, 0.05) is 120 Å². The topological polar surface area (TPSA) is 515 Å². The fraction of sp³-hybridized carbons (Fsp3) is 0.700. The van der Waals surface area contributed by atoms with Gasteiger partial charge >= 0.3 is 6.09 Å². The van der Waals surface area contributed by atoms with Gasteiger partial charge in [-0.1, -0.05) is 63.1 Å². The van der Waals surface area contributed by atoms with Crippen molar-refractivity contribution in [2.45, 2.75) is 220 Å². The summed E-state index contributed by atoms with van der Waals surface area (Å²) in [7, 11) is 9.41. The molecule has 0 unspecified atom stereocenters. The smallest absolute Gasteiger partial charge is 0.411 e. The average Bonchev–Trinajstić information content (AvgIpc) is 0.971. The van der Waals surface area contributed by atoms with Crippen LogP contribution in [0.5, 0.6) is 17.2 Å². The second-order valence-electron chi connectivity index (χ2n) is 32.5. The summed E-state index contributed by atoms with van der Waals surface area (Å²) in [6, 6.07) is -1.75. The van der Waals surface area contributed by atoms with Crippen LogP contribution in [-0.4, -0.2) is 394 Å². The maximum Gasteiger partial charge on any atom is 0.411 e. The number of allylic oxidation sites excluding steroid dienone is 3. The van der Waals surface area contributed by atoms with Gasteiger partial charge in [-0.05, 0) is 95.2 Å². The van der Waals surface area contributed by atoms with E-state index < -0.39 is 155 Å². The van der Waals surface area contributed by atoms with Crippen LogP contribution in [0.2, 0.25) is 0 Å². The molecule has 1 aromatic rings. The standard InChI is InChI=1S/C90H132IN7O35S3/c1-14-97(57(6)99)59-52-126-69(50-63(59)113-9)131-82-77(108)74(96-133-70-49-60(100)84(56(5)127-70)135-85(110)71-53(2)73(91)80(83(116-12)79(71)114-10)132-86-78(109)81(115-11)76(107)55(4)129-86)54(3)128-87(82)130-62-19-17-15-16-18-26-90(112)51-61(101)75(95-88(111)117-13)72(62)58(90)25-48-134-136-89(7,8)27-22-64(102)92-28-29-93-66(104)24-32-118-34-36-120-38-40-122-42-44-124-46-47-125-45-43-123-41-39-121-37-35-119-33-30-94-65(103)23-31-98-67(105)20-21-68(98)106/h15-16,20-21,25,54-56,59-60,62-63,69-70,74,76-78,81-82,84,86-87,96,100,107-109,112H,14,22-24,27-52H2,1-13H3,(H,92,102)(H,93,104)(H,94,103)(H,95,111)/t54-,55+,56-,59+,60+,62+,63+,69+,70+,74-,76+,77+,78-,81-,82-,84-,86+,87+,90+/m1/s1. The quantitative estimate of drug-likeness (QED) is 0.0111. The van der Waals surface area contributed by atoms with Gasteiger partial charge in [-0.2, -0.15) is 5.48 Å². The third kappa shape index (κ3) is 34.8. The molecule has 46 heteroatoms. The third-order valence-corrected chi connectivity index (χ3v) is 28.3. The maximum atomic E-state index is 14.6. The number of Topliss-reactive ketones (excluding diaryl/α,β-unsaturated/α-hetero) is 1. The second-order valence-corrected chi connectivity index (χ2v) is 37.8. The van der Waals surface area contributed by atoms with Crippen molar-refractivity contribution < 1.29 is 168 Å². The predicted octanol–water partition coefficient (Wildman–Crippen LogP) is 1.92. The Morgan fingerprint density at radius 2 is 1.24 bits per heavy atom. The number of aliphatic hydroxyl groups excluding tert-OH is 4. The van der Waals surface area contributed by atoms with Gasteiger partial charge in [0.25, 0.3) is 11.8 Å². The third-order valence-electron chi connectivity index (χ3n) is 22.4. The summed E-state index contributed by atoms with van der Waals surface area (Å²) in [5.41, 5.74) is 0.695. The number of ether oxygens (including phenoxy) is 20. The van der Waals surface area contributed by atoms with Crippen LogP contribution in [0.15, 0.2) is 47.2 Å². The van der Waals surface area contributed by atoms with E-state index in [-0.39, 0.29) is 147 Å². The number of ketones is 1. The Morgan fingerprint density at radius 1 is 0.662 bits per heavy atom. The van der Waals surface area contributed by atoms with Gasteiger partial charge < -0.3 is 141 Å². The Balaban J connectivity index is 0.773. The molecule has 8 rings (SSSR count). The number of benzene rings is 1. The highest BCUT2D eigenvalue weighted by atomic mass is 127. The minimum absolute atomic E-state index is 0.00154. The number of halogens is 1. The number of alkyl carbamates (subject to hydrolysis) is 1. The van der Waals surface area contributed by atoms with Crippen molar-refractivity contribution in [3.8, 4) is 40.9 Å². The summed E-state index contributed by atoms with van der Waals surface area (Å²) >= 11 is 2.77. The molecule has 4 saturated heterocycles. The van der Waals surface area contributed by atoms with E-state index in [9.17, 15) is 68.7 Å². The summed E-state index contributed by atoms with van der Waals surface area (Å²) in [6.07, 6.45) is -13.0. The van der Waals surface area contributed by atoms with E-state index in [2.05, 4.69) is 50.4 Å². The van der Waals surface area contributed by atoms with Crippen LogP contribution in [0.1, 0.15) is 109 Å². The molecular formula is C90H132IN7O35S3. The fourth-order valence-electron chi connectivity index (χ4n) is 15.2. The summed E-state index contributed by atoms with van der Waals surface area (Å²) in [5, 5.41) is 68.7. The van der Waals surface area contributed by atoms with E-state index in [1.165, 1.54) is 81.3 Å². The Morgan fingerprint density at radius 3 is 1.81 bits per heavy atom.